The number of carbonyl (C=O) groups is 2. The lowest BCUT2D eigenvalue weighted by molar-refractivity contribution is -0.927. The van der Waals surface area contributed by atoms with Gasteiger partial charge in [-0.15, -0.1) is 0 Å². The average Bonchev–Trinajstić information content (AvgIpc) is 2.81. The first-order chi connectivity index (χ1) is 17.0. The number of nitrogens with zero attached hydrogens (tertiary/aromatic N) is 2. The molecule has 3 rings (SSSR count). The first kappa shape index (κ1) is 27.7. The summed E-state index contributed by atoms with van der Waals surface area (Å²) in [6, 6.07) is 17.0. The van der Waals surface area contributed by atoms with Crippen molar-refractivity contribution in [1.29, 1.82) is 0 Å². The highest BCUT2D eigenvalue weighted by atomic mass is 32.2. The normalized spacial score (nSPS) is 13.8. The third-order valence-electron chi connectivity index (χ3n) is 5.90. The molecule has 9 heteroatoms. The topological polar surface area (TPSA) is 77.1 Å². The van der Waals surface area contributed by atoms with E-state index < -0.39 is 17.8 Å². The first-order valence-corrected chi connectivity index (χ1v) is 13.0. The second kappa shape index (κ2) is 11.9. The van der Waals surface area contributed by atoms with Crippen molar-refractivity contribution in [3.8, 4) is 0 Å². The number of hydrogen-bond acceptors (Lipinski definition) is 7. The molecule has 1 unspecified atom stereocenters. The molecule has 1 aliphatic heterocycles. The van der Waals surface area contributed by atoms with Crippen LogP contribution in [0.4, 0.5) is 21.0 Å². The first-order valence-electron chi connectivity index (χ1n) is 12.2. The lowest BCUT2D eigenvalue weighted by Crippen LogP contribution is -2.53. The van der Waals surface area contributed by atoms with Crippen LogP contribution in [0.2, 0.25) is 0 Å². The van der Waals surface area contributed by atoms with Gasteiger partial charge in [0, 0.05) is 16.3 Å². The van der Waals surface area contributed by atoms with Gasteiger partial charge in [-0.2, -0.15) is 0 Å². The predicted molar refractivity (Wildman–Crippen MR) is 142 cm³/mol. The third kappa shape index (κ3) is 7.80. The van der Waals surface area contributed by atoms with Crippen molar-refractivity contribution in [2.24, 2.45) is 0 Å². The highest BCUT2D eigenvalue weighted by molar-refractivity contribution is 7.99. The summed E-state index contributed by atoms with van der Waals surface area (Å²) < 4.78 is 16.2. The maximum Gasteiger partial charge on any atom is 0.512 e. The molecule has 1 atom stereocenters. The maximum absolute atomic E-state index is 12.1. The zero-order valence-electron chi connectivity index (χ0n) is 22.1. The van der Waals surface area contributed by atoms with E-state index >= 15 is 0 Å². The summed E-state index contributed by atoms with van der Waals surface area (Å²) in [4.78, 5) is 28.6. The molecule has 1 aliphatic rings. The van der Waals surface area contributed by atoms with Crippen molar-refractivity contribution in [1.82, 2.24) is 5.32 Å². The molecule has 0 saturated heterocycles. The van der Waals surface area contributed by atoms with Crippen LogP contribution in [0.3, 0.4) is 0 Å². The van der Waals surface area contributed by atoms with Gasteiger partial charge in [-0.25, -0.2) is 9.59 Å². The highest BCUT2D eigenvalue weighted by Gasteiger charge is 2.31. The summed E-state index contributed by atoms with van der Waals surface area (Å²) in [5.74, 6) is 0. The number of quaternary nitrogens is 1. The van der Waals surface area contributed by atoms with E-state index in [0.717, 1.165) is 6.54 Å². The van der Waals surface area contributed by atoms with E-state index in [1.54, 1.807) is 32.5 Å². The Labute approximate surface area is 218 Å². The molecule has 196 valence electrons. The Bertz CT molecular complexity index is 1010. The average molecular weight is 517 g/mol. The fraction of sp³-hybridized carbons (Fsp3) is 0.481. The zero-order chi connectivity index (χ0) is 26.3. The molecule has 2 aromatic rings. The van der Waals surface area contributed by atoms with Crippen LogP contribution in [0, 0.1) is 0 Å². The van der Waals surface area contributed by atoms with Gasteiger partial charge in [-0.05, 0) is 58.4 Å². The third-order valence-corrected chi connectivity index (χ3v) is 7.03. The van der Waals surface area contributed by atoms with Crippen LogP contribution < -0.4 is 10.2 Å². The zero-order valence-corrected chi connectivity index (χ0v) is 22.9. The Morgan fingerprint density at radius 2 is 1.58 bits per heavy atom. The van der Waals surface area contributed by atoms with Crippen LogP contribution in [0.15, 0.2) is 58.3 Å². The van der Waals surface area contributed by atoms with E-state index in [1.807, 2.05) is 14.1 Å². The molecule has 1 N–H and O–H groups in total. The molecule has 36 heavy (non-hydrogen) atoms. The van der Waals surface area contributed by atoms with Gasteiger partial charge < -0.3 is 24.4 Å². The number of fused-ring (bicyclic) bond motifs is 2. The lowest BCUT2D eigenvalue weighted by Gasteiger charge is -2.40. The van der Waals surface area contributed by atoms with Crippen LogP contribution in [0.5, 0.6) is 0 Å². The van der Waals surface area contributed by atoms with Crippen molar-refractivity contribution in [3.63, 3.8) is 0 Å². The van der Waals surface area contributed by atoms with Gasteiger partial charge in [0.15, 0.2) is 0 Å². The number of nitrogens with one attached hydrogen (secondary N) is 1. The molecule has 1 amide bonds. The van der Waals surface area contributed by atoms with Gasteiger partial charge in [0.25, 0.3) is 0 Å². The maximum atomic E-state index is 12.1. The van der Waals surface area contributed by atoms with E-state index in [1.165, 1.54) is 21.2 Å². The molecule has 0 bridgehead atoms. The smallest absolute Gasteiger partial charge is 0.444 e. The standard InChI is InChI=1S/C27H37N3O5S/c1-20(18-29-21-12-7-9-14-23(21)36-24-15-10-8-13-22(24)29)30(5,6)19-34-26(32)33-17-11-16-28-25(31)35-27(2,3)4/h7-10,12-15,20H,11,16-19H2,1-6H3/p+1. The monoisotopic (exact) mass is 516 g/mol. The summed E-state index contributed by atoms with van der Waals surface area (Å²) >= 11 is 1.79. The summed E-state index contributed by atoms with van der Waals surface area (Å²) in [5, 5.41) is 2.63. The number of alkyl carbamates (subject to hydrolysis) is 1. The van der Waals surface area contributed by atoms with Gasteiger partial charge in [0.2, 0.25) is 6.73 Å². The second-order valence-electron chi connectivity index (χ2n) is 10.4. The van der Waals surface area contributed by atoms with Gasteiger partial charge in [-0.3, -0.25) is 4.48 Å². The van der Waals surface area contributed by atoms with Crippen LogP contribution in [-0.2, 0) is 14.2 Å². The minimum absolute atomic E-state index is 0.149. The molecule has 1 heterocycles. The van der Waals surface area contributed by atoms with E-state index in [0.29, 0.717) is 17.4 Å². The van der Waals surface area contributed by atoms with Gasteiger partial charge in [-0.1, -0.05) is 36.0 Å². The molecule has 0 spiro atoms. The number of amides is 1. The van der Waals surface area contributed by atoms with Crippen molar-refractivity contribution in [2.75, 3.05) is 45.4 Å². The largest absolute Gasteiger partial charge is 0.512 e. The molecule has 0 saturated carbocycles. The Hall–Kier alpha value is -2.91. The Morgan fingerprint density at radius 3 is 2.17 bits per heavy atom. The number of likely N-dealkylation sites (N-methyl/N-ethyl adjacent to an activating group) is 1. The van der Waals surface area contributed by atoms with Crippen molar-refractivity contribution >= 4 is 35.4 Å². The van der Waals surface area contributed by atoms with E-state index in [9.17, 15) is 9.59 Å². The number of ether oxygens (including phenoxy) is 3. The van der Waals surface area contributed by atoms with E-state index in [4.69, 9.17) is 14.2 Å². The fourth-order valence-corrected chi connectivity index (χ4v) is 4.68. The van der Waals surface area contributed by atoms with Gasteiger partial charge >= 0.3 is 12.2 Å². The van der Waals surface area contributed by atoms with Crippen LogP contribution in [0.25, 0.3) is 0 Å². The van der Waals surface area contributed by atoms with Gasteiger partial charge in [0.1, 0.15) is 11.6 Å². The molecular weight excluding hydrogens is 478 g/mol. The van der Waals surface area contributed by atoms with Crippen molar-refractivity contribution in [3.05, 3.63) is 48.5 Å². The Kier molecular flexibility index (Phi) is 9.13. The molecule has 8 nitrogen and oxygen atoms in total. The van der Waals surface area contributed by atoms with Gasteiger partial charge in [0.05, 0.1) is 38.6 Å². The minimum atomic E-state index is -0.712. The second-order valence-corrected chi connectivity index (χ2v) is 11.5. The summed E-state index contributed by atoms with van der Waals surface area (Å²) in [5.41, 5.74) is 1.83. The molecule has 0 aromatic heterocycles. The Morgan fingerprint density at radius 1 is 1.00 bits per heavy atom. The van der Waals surface area contributed by atoms with Crippen LogP contribution in [-0.4, -0.2) is 68.9 Å². The van der Waals surface area contributed by atoms with E-state index in [-0.39, 0.29) is 19.4 Å². The lowest BCUT2D eigenvalue weighted by atomic mass is 10.1. The van der Waals surface area contributed by atoms with E-state index in [2.05, 4.69) is 65.7 Å². The predicted octanol–water partition coefficient (Wildman–Crippen LogP) is 5.78. The summed E-state index contributed by atoms with van der Waals surface area (Å²) in [6.45, 7) is 9.00. The molecular formula is C27H38N3O5S+. The number of hydrogen-bond donors (Lipinski definition) is 1. The molecule has 0 radical (unpaired) electrons. The van der Waals surface area contributed by atoms with Crippen molar-refractivity contribution in [2.45, 2.75) is 55.5 Å². The molecule has 2 aromatic carbocycles. The fourth-order valence-electron chi connectivity index (χ4n) is 3.58. The summed E-state index contributed by atoms with van der Waals surface area (Å²) in [7, 11) is 4.08. The molecule has 0 fully saturated rings. The number of rotatable bonds is 9. The van der Waals surface area contributed by atoms with Crippen LogP contribution >= 0.6 is 11.8 Å². The summed E-state index contributed by atoms with van der Waals surface area (Å²) in [6.07, 6.45) is -0.735. The minimum Gasteiger partial charge on any atom is -0.444 e. The number of para-hydroxylation sites is 2. The Balaban J connectivity index is 1.47. The van der Waals surface area contributed by atoms with Crippen LogP contribution in [0.1, 0.15) is 34.1 Å². The number of benzene rings is 2. The quantitative estimate of drug-likeness (QED) is 0.196. The molecule has 0 aliphatic carbocycles. The highest BCUT2D eigenvalue weighted by Crippen LogP contribution is 2.47. The number of anilines is 2. The SMILES string of the molecule is CC(CN1c2ccccc2Sc2ccccc21)[N+](C)(C)COC(=O)OCCCNC(=O)OC(C)(C)C. The van der Waals surface area contributed by atoms with Crippen molar-refractivity contribution < 1.29 is 28.3 Å². The number of carbonyl (C=O) groups excluding carboxylic acids is 2.